The number of hydrogen-bond donors (Lipinski definition) is 2. The normalized spacial score (nSPS) is 10.3. The van der Waals surface area contributed by atoms with Gasteiger partial charge in [0.15, 0.2) is 0 Å². The molecule has 1 heterocycles. The lowest BCUT2D eigenvalue weighted by atomic mass is 10.3. The van der Waals surface area contributed by atoms with E-state index in [1.807, 2.05) is 0 Å². The minimum absolute atomic E-state index is 0.267. The second-order valence-electron chi connectivity index (χ2n) is 3.28. The van der Waals surface area contributed by atoms with Crippen LogP contribution in [0, 0.1) is 0 Å². The number of benzene rings is 1. The van der Waals surface area contributed by atoms with Gasteiger partial charge < -0.3 is 16.2 Å². The number of hydrogen-bond acceptors (Lipinski definition) is 4. The Morgan fingerprint density at radius 2 is 1.75 bits per heavy atom. The molecule has 0 atom stereocenters. The summed E-state index contributed by atoms with van der Waals surface area (Å²) in [6.07, 6.45) is -1.89. The number of alkyl halides is 3. The van der Waals surface area contributed by atoms with Crippen LogP contribution in [0.2, 0.25) is 0 Å². The molecule has 0 spiro atoms. The van der Waals surface area contributed by atoms with Crippen molar-refractivity contribution in [3.63, 3.8) is 0 Å². The molecule has 108 valence electrons. The summed E-state index contributed by atoms with van der Waals surface area (Å²) < 4.78 is 40.8. The maximum atomic E-state index is 11.9. The van der Waals surface area contributed by atoms with Crippen LogP contribution in [0.4, 0.5) is 18.0 Å². The van der Waals surface area contributed by atoms with Gasteiger partial charge in [-0.15, -0.1) is 13.2 Å². The molecule has 0 fully saturated rings. The fraction of sp³-hybridized carbons (Fsp3) is 0.100. The van der Waals surface area contributed by atoms with E-state index in [1.54, 1.807) is 0 Å². The average molecular weight is 289 g/mol. The lowest BCUT2D eigenvalue weighted by molar-refractivity contribution is -0.274. The topological polar surface area (TPSA) is 109 Å². The summed E-state index contributed by atoms with van der Waals surface area (Å²) in [6.45, 7) is 0. The van der Waals surface area contributed by atoms with Crippen molar-refractivity contribution in [3.05, 3.63) is 36.9 Å². The highest BCUT2D eigenvalue weighted by Crippen LogP contribution is 2.23. The molecule has 2 rings (SSSR count). The van der Waals surface area contributed by atoms with Gasteiger partial charge in [0.1, 0.15) is 18.4 Å². The van der Waals surface area contributed by atoms with E-state index in [9.17, 15) is 13.2 Å². The summed E-state index contributed by atoms with van der Waals surface area (Å²) in [6, 6.07) is 4.50. The predicted octanol–water partition coefficient (Wildman–Crippen LogP) is 1.19. The van der Waals surface area contributed by atoms with Gasteiger partial charge in [-0.25, -0.2) is 14.5 Å². The molecule has 20 heavy (non-hydrogen) atoms. The van der Waals surface area contributed by atoms with E-state index in [2.05, 4.69) is 26.3 Å². The lowest BCUT2D eigenvalue weighted by Gasteiger charge is -2.08. The largest absolute Gasteiger partial charge is 0.573 e. The number of urea groups is 1. The maximum absolute atomic E-state index is 11.9. The van der Waals surface area contributed by atoms with E-state index in [0.29, 0.717) is 5.69 Å². The second kappa shape index (κ2) is 6.41. The molecule has 7 nitrogen and oxygen atoms in total. The number of ether oxygens (including phenoxy) is 1. The zero-order valence-electron chi connectivity index (χ0n) is 9.91. The Hall–Kier alpha value is -2.78. The number of halogens is 3. The summed E-state index contributed by atoms with van der Waals surface area (Å²) in [5.74, 6) is -0.267. The second-order valence-corrected chi connectivity index (χ2v) is 3.28. The zero-order valence-corrected chi connectivity index (χ0v) is 9.91. The van der Waals surface area contributed by atoms with Crippen LogP contribution in [0.25, 0.3) is 5.69 Å². The Balaban J connectivity index is 0.000000444. The number of aromatic nitrogens is 3. The first-order valence-corrected chi connectivity index (χ1v) is 5.03. The number of nitrogens with two attached hydrogens (primary N) is 2. The maximum Gasteiger partial charge on any atom is 0.573 e. The number of carbonyl (C=O) groups excluding carboxylic acids is 1. The number of amides is 2. The highest BCUT2D eigenvalue weighted by atomic mass is 19.4. The molecule has 1 aromatic heterocycles. The predicted molar refractivity (Wildman–Crippen MR) is 61.8 cm³/mol. The molecular weight excluding hydrogens is 279 g/mol. The SMILES string of the molecule is FC(F)(F)Oc1ccc(-n2cncn2)cc1.NC(N)=O. The smallest absolute Gasteiger partial charge is 0.406 e. The van der Waals surface area contributed by atoms with E-state index >= 15 is 0 Å². The van der Waals surface area contributed by atoms with Gasteiger partial charge in [0.2, 0.25) is 0 Å². The molecular formula is C10H10F3N5O2. The van der Waals surface area contributed by atoms with Crippen molar-refractivity contribution in [2.45, 2.75) is 6.36 Å². The molecule has 0 radical (unpaired) electrons. The first-order chi connectivity index (χ1) is 9.28. The van der Waals surface area contributed by atoms with E-state index in [0.717, 1.165) is 0 Å². The van der Waals surface area contributed by atoms with Gasteiger partial charge in [-0.05, 0) is 24.3 Å². The van der Waals surface area contributed by atoms with Crippen LogP contribution in [0.1, 0.15) is 0 Å². The zero-order chi connectivity index (χ0) is 15.2. The van der Waals surface area contributed by atoms with Gasteiger partial charge in [0, 0.05) is 0 Å². The third-order valence-corrected chi connectivity index (χ3v) is 1.75. The van der Waals surface area contributed by atoms with Gasteiger partial charge in [-0.1, -0.05) is 0 Å². The molecule has 0 unspecified atom stereocenters. The first kappa shape index (κ1) is 15.3. The molecule has 2 aromatic rings. The van der Waals surface area contributed by atoms with Crippen molar-refractivity contribution < 1.29 is 22.7 Å². The first-order valence-electron chi connectivity index (χ1n) is 5.03. The van der Waals surface area contributed by atoms with Gasteiger partial charge in [0.25, 0.3) is 0 Å². The number of rotatable bonds is 2. The molecule has 0 bridgehead atoms. The van der Waals surface area contributed by atoms with Gasteiger partial charge in [0.05, 0.1) is 5.69 Å². The third-order valence-electron chi connectivity index (χ3n) is 1.75. The summed E-state index contributed by atoms with van der Waals surface area (Å²) >= 11 is 0. The quantitative estimate of drug-likeness (QED) is 0.865. The van der Waals surface area contributed by atoms with Crippen LogP contribution in [-0.4, -0.2) is 27.2 Å². The highest BCUT2D eigenvalue weighted by Gasteiger charge is 2.30. The molecule has 0 saturated heterocycles. The van der Waals surface area contributed by atoms with Crippen LogP contribution >= 0.6 is 0 Å². The van der Waals surface area contributed by atoms with Crippen molar-refractivity contribution in [2.75, 3.05) is 0 Å². The average Bonchev–Trinajstić information content (AvgIpc) is 2.80. The minimum Gasteiger partial charge on any atom is -0.406 e. The fourth-order valence-electron chi connectivity index (χ4n) is 1.14. The molecule has 0 aliphatic rings. The van der Waals surface area contributed by atoms with E-state index < -0.39 is 12.4 Å². The molecule has 4 N–H and O–H groups in total. The molecule has 10 heteroatoms. The number of nitrogens with zero attached hydrogens (tertiary/aromatic N) is 3. The van der Waals surface area contributed by atoms with E-state index in [1.165, 1.54) is 41.6 Å². The van der Waals surface area contributed by atoms with Crippen LogP contribution in [0.15, 0.2) is 36.9 Å². The summed E-state index contributed by atoms with van der Waals surface area (Å²) in [4.78, 5) is 12.7. The minimum atomic E-state index is -4.67. The molecule has 0 saturated carbocycles. The van der Waals surface area contributed by atoms with Crippen molar-refractivity contribution in [1.82, 2.24) is 14.8 Å². The third kappa shape index (κ3) is 5.71. The van der Waals surface area contributed by atoms with Crippen LogP contribution in [0.3, 0.4) is 0 Å². The molecule has 2 amide bonds. The van der Waals surface area contributed by atoms with Gasteiger partial charge in [-0.2, -0.15) is 5.10 Å². The van der Waals surface area contributed by atoms with Crippen molar-refractivity contribution in [3.8, 4) is 11.4 Å². The van der Waals surface area contributed by atoms with Crippen molar-refractivity contribution in [2.24, 2.45) is 11.5 Å². The Kier molecular flexibility index (Phi) is 4.89. The van der Waals surface area contributed by atoms with Crippen LogP contribution < -0.4 is 16.2 Å². The van der Waals surface area contributed by atoms with E-state index in [4.69, 9.17) is 4.79 Å². The number of carbonyl (C=O) groups is 1. The highest BCUT2D eigenvalue weighted by molar-refractivity contribution is 5.69. The Bertz CT molecular complexity index is 535. The molecule has 0 aliphatic heterocycles. The standard InChI is InChI=1S/C9H6F3N3O.CH4N2O/c10-9(11,12)16-8-3-1-7(2-4-8)15-6-13-5-14-15;2-1(3)4/h1-6H;(H4,2,3,4). The van der Waals surface area contributed by atoms with Crippen molar-refractivity contribution >= 4 is 6.03 Å². The Labute approximate surface area is 111 Å². The van der Waals surface area contributed by atoms with E-state index in [-0.39, 0.29) is 5.75 Å². The van der Waals surface area contributed by atoms with Gasteiger partial charge >= 0.3 is 12.4 Å². The summed E-state index contributed by atoms with van der Waals surface area (Å²) in [7, 11) is 0. The molecule has 0 aliphatic carbocycles. The Morgan fingerprint density at radius 3 is 2.15 bits per heavy atom. The van der Waals surface area contributed by atoms with Gasteiger partial charge in [-0.3, -0.25) is 0 Å². The lowest BCUT2D eigenvalue weighted by Crippen LogP contribution is -2.18. The summed E-state index contributed by atoms with van der Waals surface area (Å²) in [5, 5.41) is 3.83. The summed E-state index contributed by atoms with van der Waals surface area (Å²) in [5.41, 5.74) is 9.10. The number of primary amides is 2. The van der Waals surface area contributed by atoms with Crippen LogP contribution in [-0.2, 0) is 0 Å². The fourth-order valence-corrected chi connectivity index (χ4v) is 1.14. The van der Waals surface area contributed by atoms with Crippen molar-refractivity contribution in [1.29, 1.82) is 0 Å². The van der Waals surface area contributed by atoms with Crippen LogP contribution in [0.5, 0.6) is 5.75 Å². The Morgan fingerprint density at radius 1 is 1.20 bits per heavy atom. The molecule has 1 aromatic carbocycles. The monoisotopic (exact) mass is 289 g/mol.